The Hall–Kier alpha value is -3.90. The molecule has 0 saturated heterocycles. The van der Waals surface area contributed by atoms with Crippen LogP contribution >= 0.6 is 7.82 Å². The number of methoxy groups -OCH3 is 1. The second-order valence-corrected chi connectivity index (χ2v) is 12.4. The number of anilines is 1. The minimum atomic E-state index is -4.12. The van der Waals surface area contributed by atoms with E-state index in [9.17, 15) is 9.36 Å². The third kappa shape index (κ3) is 8.56. The number of phosphoric ester groups is 1. The Kier molecular flexibility index (Phi) is 10.2. The average molecular weight is 588 g/mol. The largest absolute Gasteiger partial charge is 0.530 e. The fourth-order valence-electron chi connectivity index (χ4n) is 4.90. The predicted molar refractivity (Wildman–Crippen MR) is 166 cm³/mol. The van der Waals surface area contributed by atoms with E-state index in [0.717, 1.165) is 27.8 Å². The van der Waals surface area contributed by atoms with Crippen LogP contribution in [0.4, 0.5) is 5.69 Å². The van der Waals surface area contributed by atoms with Crippen LogP contribution < -0.4 is 14.6 Å². The van der Waals surface area contributed by atoms with Gasteiger partial charge in [-0.3, -0.25) is 13.8 Å². The van der Waals surface area contributed by atoms with Gasteiger partial charge in [0.25, 0.3) is 0 Å². The van der Waals surface area contributed by atoms with Gasteiger partial charge in [0, 0.05) is 23.1 Å². The van der Waals surface area contributed by atoms with Crippen molar-refractivity contribution in [3.05, 3.63) is 125 Å². The van der Waals surface area contributed by atoms with Crippen LogP contribution in [0.3, 0.4) is 0 Å². The Morgan fingerprint density at radius 1 is 0.810 bits per heavy atom. The van der Waals surface area contributed by atoms with E-state index >= 15 is 0 Å². The van der Waals surface area contributed by atoms with Crippen molar-refractivity contribution in [2.75, 3.05) is 12.4 Å². The van der Waals surface area contributed by atoms with Crippen LogP contribution in [0.1, 0.15) is 48.1 Å². The van der Waals surface area contributed by atoms with Gasteiger partial charge in [-0.05, 0) is 66.4 Å². The third-order valence-electron chi connectivity index (χ3n) is 6.77. The molecule has 0 bridgehead atoms. The molecule has 42 heavy (non-hydrogen) atoms. The molecule has 4 aromatic rings. The molecular formula is C34H38NO6P. The number of carbonyl (C=O) groups is 1. The molecule has 4 aromatic carbocycles. The molecule has 0 heterocycles. The molecular weight excluding hydrogens is 549 g/mol. The standard InChI is InChI=1S/C34H38NO6P/c1-25-20-26(2)33(34(3,4)22-32(36)35-29-16-18-30(38-5)19-17-29)31(21-25)41-42(37,39-23-27-12-8-6-9-13-27)40-24-28-14-10-7-11-15-28/h6-21H,22-24H2,1-5H3,(H,35,36). The minimum absolute atomic E-state index is 0.0424. The van der Waals surface area contributed by atoms with Crippen LogP contribution in [0.5, 0.6) is 11.5 Å². The predicted octanol–water partition coefficient (Wildman–Crippen LogP) is 8.54. The SMILES string of the molecule is COc1ccc(NC(=O)CC(C)(C)c2c(C)cc(C)cc2OP(=O)(OCc2ccccc2)OCc2ccccc2)cc1. The minimum Gasteiger partial charge on any atom is -0.497 e. The van der Waals surface area contributed by atoms with Crippen molar-refractivity contribution >= 4 is 19.4 Å². The first-order chi connectivity index (χ1) is 20.1. The first-order valence-electron chi connectivity index (χ1n) is 13.8. The molecule has 0 spiro atoms. The van der Waals surface area contributed by atoms with E-state index in [1.807, 2.05) is 100 Å². The lowest BCUT2D eigenvalue weighted by Gasteiger charge is -2.30. The van der Waals surface area contributed by atoms with Crippen molar-refractivity contribution in [1.82, 2.24) is 0 Å². The molecule has 0 unspecified atom stereocenters. The van der Waals surface area contributed by atoms with E-state index < -0.39 is 13.2 Å². The van der Waals surface area contributed by atoms with Crippen LogP contribution in [0.2, 0.25) is 0 Å². The first kappa shape index (κ1) is 31.0. The molecule has 1 N–H and O–H groups in total. The summed E-state index contributed by atoms with van der Waals surface area (Å²) in [7, 11) is -2.52. The molecule has 0 fully saturated rings. The fraction of sp³-hybridized carbons (Fsp3) is 0.265. The third-order valence-corrected chi connectivity index (χ3v) is 8.08. The maximum atomic E-state index is 14.2. The van der Waals surface area contributed by atoms with Crippen molar-refractivity contribution < 1.29 is 27.7 Å². The Morgan fingerprint density at radius 2 is 1.36 bits per heavy atom. The van der Waals surface area contributed by atoms with Gasteiger partial charge >= 0.3 is 7.82 Å². The van der Waals surface area contributed by atoms with E-state index in [4.69, 9.17) is 18.3 Å². The lowest BCUT2D eigenvalue weighted by Crippen LogP contribution is -2.27. The van der Waals surface area contributed by atoms with Crippen LogP contribution in [0.15, 0.2) is 97.1 Å². The average Bonchev–Trinajstić information content (AvgIpc) is 2.96. The van der Waals surface area contributed by atoms with E-state index in [2.05, 4.69) is 5.32 Å². The highest BCUT2D eigenvalue weighted by molar-refractivity contribution is 7.48. The number of aryl methyl sites for hydroxylation is 2. The highest BCUT2D eigenvalue weighted by atomic mass is 31.2. The number of nitrogens with one attached hydrogen (secondary N) is 1. The summed E-state index contributed by atoms with van der Waals surface area (Å²) < 4.78 is 37.4. The fourth-order valence-corrected chi connectivity index (χ4v) is 6.08. The number of amides is 1. The van der Waals surface area contributed by atoms with Crippen molar-refractivity contribution in [3.8, 4) is 11.5 Å². The topological polar surface area (TPSA) is 83.1 Å². The molecule has 0 radical (unpaired) electrons. The van der Waals surface area contributed by atoms with Gasteiger partial charge in [0.15, 0.2) is 0 Å². The molecule has 0 saturated carbocycles. The van der Waals surface area contributed by atoms with Gasteiger partial charge in [0.1, 0.15) is 11.5 Å². The summed E-state index contributed by atoms with van der Waals surface area (Å²) in [5.41, 5.74) is 4.23. The van der Waals surface area contributed by atoms with Crippen molar-refractivity contribution in [2.24, 2.45) is 0 Å². The number of phosphoric acid groups is 1. The number of benzene rings is 4. The molecule has 0 aliphatic heterocycles. The first-order valence-corrected chi connectivity index (χ1v) is 15.3. The summed E-state index contributed by atoms with van der Waals surface area (Å²) >= 11 is 0. The molecule has 8 heteroatoms. The van der Waals surface area contributed by atoms with Crippen LogP contribution in [0.25, 0.3) is 0 Å². The Balaban J connectivity index is 1.60. The maximum Gasteiger partial charge on any atom is 0.530 e. The van der Waals surface area contributed by atoms with Gasteiger partial charge in [-0.2, -0.15) is 0 Å². The van der Waals surface area contributed by atoms with Gasteiger partial charge in [0.05, 0.1) is 20.3 Å². The monoisotopic (exact) mass is 587 g/mol. The zero-order valence-electron chi connectivity index (χ0n) is 24.8. The molecule has 0 atom stereocenters. The van der Waals surface area contributed by atoms with Crippen LogP contribution in [-0.2, 0) is 37.0 Å². The molecule has 4 rings (SSSR count). The Morgan fingerprint density at radius 3 is 1.88 bits per heavy atom. The van der Waals surface area contributed by atoms with Crippen molar-refractivity contribution in [3.63, 3.8) is 0 Å². The quantitative estimate of drug-likeness (QED) is 0.158. The zero-order valence-corrected chi connectivity index (χ0v) is 25.7. The normalized spacial score (nSPS) is 11.6. The van der Waals surface area contributed by atoms with E-state index in [1.54, 1.807) is 31.4 Å². The Bertz CT molecular complexity index is 1470. The summed E-state index contributed by atoms with van der Waals surface area (Å²) in [4.78, 5) is 13.2. The van der Waals surface area contributed by atoms with Gasteiger partial charge in [-0.15, -0.1) is 0 Å². The molecule has 1 amide bonds. The Labute approximate surface area is 248 Å². The summed E-state index contributed by atoms with van der Waals surface area (Å²) in [6.45, 7) is 7.91. The summed E-state index contributed by atoms with van der Waals surface area (Å²) in [5.74, 6) is 0.901. The molecule has 7 nitrogen and oxygen atoms in total. The second-order valence-electron chi connectivity index (χ2n) is 10.8. The van der Waals surface area contributed by atoms with Gasteiger partial charge in [0.2, 0.25) is 5.91 Å². The number of hydrogen-bond donors (Lipinski definition) is 1. The van der Waals surface area contributed by atoms with E-state index in [0.29, 0.717) is 17.2 Å². The molecule has 0 aromatic heterocycles. The summed E-state index contributed by atoms with van der Waals surface area (Å²) in [6, 6.07) is 29.9. The molecule has 0 aliphatic rings. The van der Waals surface area contributed by atoms with Crippen molar-refractivity contribution in [1.29, 1.82) is 0 Å². The van der Waals surface area contributed by atoms with Gasteiger partial charge in [-0.25, -0.2) is 4.57 Å². The number of hydrogen-bond acceptors (Lipinski definition) is 6. The van der Waals surface area contributed by atoms with Crippen LogP contribution in [-0.4, -0.2) is 13.0 Å². The zero-order chi connectivity index (χ0) is 30.2. The number of carbonyl (C=O) groups excluding carboxylic acids is 1. The number of ether oxygens (including phenoxy) is 1. The second kappa shape index (κ2) is 13.8. The van der Waals surface area contributed by atoms with Crippen molar-refractivity contribution in [2.45, 2.75) is 52.7 Å². The summed E-state index contributed by atoms with van der Waals surface area (Å²) in [6.07, 6.45) is 0.152. The van der Waals surface area contributed by atoms with E-state index in [1.165, 1.54) is 0 Å². The van der Waals surface area contributed by atoms with Crippen LogP contribution in [0, 0.1) is 13.8 Å². The van der Waals surface area contributed by atoms with Gasteiger partial charge < -0.3 is 14.6 Å². The highest BCUT2D eigenvalue weighted by Crippen LogP contribution is 2.53. The maximum absolute atomic E-state index is 14.2. The molecule has 0 aliphatic carbocycles. The van der Waals surface area contributed by atoms with E-state index in [-0.39, 0.29) is 25.5 Å². The summed E-state index contributed by atoms with van der Waals surface area (Å²) in [5, 5.41) is 2.96. The number of rotatable bonds is 13. The molecule has 220 valence electrons. The smallest absolute Gasteiger partial charge is 0.497 e. The lowest BCUT2D eigenvalue weighted by molar-refractivity contribution is -0.117. The highest BCUT2D eigenvalue weighted by Gasteiger charge is 2.35. The van der Waals surface area contributed by atoms with Gasteiger partial charge in [-0.1, -0.05) is 80.6 Å². The lowest BCUT2D eigenvalue weighted by atomic mass is 9.78.